The van der Waals surface area contributed by atoms with Crippen molar-refractivity contribution in [3.63, 3.8) is 0 Å². The Bertz CT molecular complexity index is 379. The minimum absolute atomic E-state index is 0.0989. The molecule has 0 unspecified atom stereocenters. The van der Waals surface area contributed by atoms with E-state index in [9.17, 15) is 0 Å². The molecule has 0 aliphatic rings. The molecule has 0 aromatic heterocycles. The van der Waals surface area contributed by atoms with Crippen molar-refractivity contribution in [3.8, 4) is 17.2 Å². The van der Waals surface area contributed by atoms with E-state index in [2.05, 4.69) is 13.8 Å². The van der Waals surface area contributed by atoms with Gasteiger partial charge in [0.25, 0.3) is 0 Å². The molecule has 108 valence electrons. The zero-order valence-corrected chi connectivity index (χ0v) is 12.5. The van der Waals surface area contributed by atoms with Crippen LogP contribution in [0.25, 0.3) is 0 Å². The van der Waals surface area contributed by atoms with E-state index in [1.807, 2.05) is 12.1 Å². The van der Waals surface area contributed by atoms with Crippen molar-refractivity contribution in [3.05, 3.63) is 17.7 Å². The summed E-state index contributed by atoms with van der Waals surface area (Å²) in [6, 6.07) is 3.58. The van der Waals surface area contributed by atoms with Crippen molar-refractivity contribution in [2.24, 2.45) is 11.7 Å². The highest BCUT2D eigenvalue weighted by Gasteiger charge is 2.19. The SMILES string of the molecule is COc1cc(OC)c([C@@H](N)CCC(C)C)c(OC)c1. The molecule has 0 heterocycles. The molecule has 0 aliphatic carbocycles. The molecule has 0 aliphatic heterocycles. The highest BCUT2D eigenvalue weighted by molar-refractivity contribution is 5.52. The van der Waals surface area contributed by atoms with Crippen LogP contribution in [-0.4, -0.2) is 21.3 Å². The highest BCUT2D eigenvalue weighted by atomic mass is 16.5. The molecule has 0 fully saturated rings. The summed E-state index contributed by atoms with van der Waals surface area (Å²) in [6.07, 6.45) is 1.97. The molecule has 0 radical (unpaired) electrons. The molecule has 0 spiro atoms. The standard InChI is InChI=1S/C15H25NO3/c1-10(2)6-7-12(16)15-13(18-4)8-11(17-3)9-14(15)19-5/h8-10,12H,6-7,16H2,1-5H3/t12-/m0/s1. The molecule has 1 atom stereocenters. The molecule has 2 N–H and O–H groups in total. The summed E-state index contributed by atoms with van der Waals surface area (Å²) in [5.41, 5.74) is 7.20. The van der Waals surface area contributed by atoms with Gasteiger partial charge in [-0.05, 0) is 18.8 Å². The summed E-state index contributed by atoms with van der Waals surface area (Å²) in [6.45, 7) is 4.38. The first-order chi connectivity index (χ1) is 9.03. The topological polar surface area (TPSA) is 53.7 Å². The van der Waals surface area contributed by atoms with Crippen LogP contribution in [0, 0.1) is 5.92 Å². The molecule has 1 aromatic carbocycles. The van der Waals surface area contributed by atoms with Gasteiger partial charge in [-0.1, -0.05) is 13.8 Å². The van der Waals surface area contributed by atoms with Crippen molar-refractivity contribution < 1.29 is 14.2 Å². The van der Waals surface area contributed by atoms with Crippen molar-refractivity contribution >= 4 is 0 Å². The molecule has 4 heteroatoms. The summed E-state index contributed by atoms with van der Waals surface area (Å²) in [7, 11) is 4.88. The Labute approximate surface area is 115 Å². The Balaban J connectivity index is 3.08. The minimum Gasteiger partial charge on any atom is -0.496 e. The average Bonchev–Trinajstić information content (AvgIpc) is 2.42. The van der Waals surface area contributed by atoms with Gasteiger partial charge < -0.3 is 19.9 Å². The maximum atomic E-state index is 6.29. The Morgan fingerprint density at radius 2 is 1.47 bits per heavy atom. The third-order valence-electron chi connectivity index (χ3n) is 3.18. The lowest BCUT2D eigenvalue weighted by Gasteiger charge is -2.20. The molecular weight excluding hydrogens is 242 g/mol. The van der Waals surface area contributed by atoms with Gasteiger partial charge >= 0.3 is 0 Å². The van der Waals surface area contributed by atoms with Gasteiger partial charge in [-0.3, -0.25) is 0 Å². The summed E-state index contributed by atoms with van der Waals surface area (Å²) in [5, 5.41) is 0. The number of benzene rings is 1. The van der Waals surface area contributed by atoms with Gasteiger partial charge in [0.05, 0.1) is 26.9 Å². The third-order valence-corrected chi connectivity index (χ3v) is 3.18. The Hall–Kier alpha value is -1.42. The van der Waals surface area contributed by atoms with E-state index in [0.29, 0.717) is 23.2 Å². The van der Waals surface area contributed by atoms with Gasteiger partial charge in [-0.15, -0.1) is 0 Å². The molecule has 1 aromatic rings. The number of hydrogen-bond donors (Lipinski definition) is 1. The van der Waals surface area contributed by atoms with Crippen molar-refractivity contribution in [2.75, 3.05) is 21.3 Å². The van der Waals surface area contributed by atoms with E-state index in [1.54, 1.807) is 21.3 Å². The molecule has 0 amide bonds. The molecule has 0 bridgehead atoms. The zero-order valence-electron chi connectivity index (χ0n) is 12.5. The first-order valence-electron chi connectivity index (χ1n) is 6.59. The fourth-order valence-electron chi connectivity index (χ4n) is 2.06. The summed E-state index contributed by atoms with van der Waals surface area (Å²) >= 11 is 0. The van der Waals surface area contributed by atoms with Crippen LogP contribution < -0.4 is 19.9 Å². The van der Waals surface area contributed by atoms with Crippen LogP contribution >= 0.6 is 0 Å². The van der Waals surface area contributed by atoms with Crippen molar-refractivity contribution in [1.82, 2.24) is 0 Å². The zero-order chi connectivity index (χ0) is 14.4. The fourth-order valence-corrected chi connectivity index (χ4v) is 2.06. The van der Waals surface area contributed by atoms with E-state index in [0.717, 1.165) is 18.4 Å². The number of hydrogen-bond acceptors (Lipinski definition) is 4. The van der Waals surface area contributed by atoms with Gasteiger partial charge in [-0.2, -0.15) is 0 Å². The normalized spacial score (nSPS) is 12.4. The molecular formula is C15H25NO3. The van der Waals surface area contributed by atoms with Gasteiger partial charge in [0.1, 0.15) is 17.2 Å². The summed E-state index contributed by atoms with van der Waals surface area (Å²) in [5.74, 6) is 2.76. The third kappa shape index (κ3) is 4.03. The summed E-state index contributed by atoms with van der Waals surface area (Å²) in [4.78, 5) is 0. The predicted octanol–water partition coefficient (Wildman–Crippen LogP) is 3.15. The van der Waals surface area contributed by atoms with Crippen LogP contribution in [0.1, 0.15) is 38.3 Å². The molecule has 19 heavy (non-hydrogen) atoms. The lowest BCUT2D eigenvalue weighted by Crippen LogP contribution is -2.14. The molecule has 4 nitrogen and oxygen atoms in total. The lowest BCUT2D eigenvalue weighted by molar-refractivity contribution is 0.360. The molecule has 0 saturated carbocycles. The Morgan fingerprint density at radius 1 is 0.947 bits per heavy atom. The minimum atomic E-state index is -0.0989. The fraction of sp³-hybridized carbons (Fsp3) is 0.600. The second kappa shape index (κ2) is 7.24. The van der Waals surface area contributed by atoms with Crippen LogP contribution in [0.15, 0.2) is 12.1 Å². The first-order valence-corrected chi connectivity index (χ1v) is 6.59. The van der Waals surface area contributed by atoms with Crippen LogP contribution in [-0.2, 0) is 0 Å². The Kier molecular flexibility index (Phi) is 5.96. The number of rotatable bonds is 7. The first kappa shape index (κ1) is 15.6. The van der Waals surface area contributed by atoms with E-state index >= 15 is 0 Å². The summed E-state index contributed by atoms with van der Waals surface area (Å²) < 4.78 is 16.1. The molecule has 0 saturated heterocycles. The second-order valence-electron chi connectivity index (χ2n) is 5.02. The molecule has 1 rings (SSSR count). The van der Waals surface area contributed by atoms with Gasteiger partial charge in [0.15, 0.2) is 0 Å². The van der Waals surface area contributed by atoms with Crippen molar-refractivity contribution in [2.45, 2.75) is 32.7 Å². The van der Waals surface area contributed by atoms with Gasteiger partial charge in [-0.25, -0.2) is 0 Å². The van der Waals surface area contributed by atoms with E-state index in [1.165, 1.54) is 0 Å². The van der Waals surface area contributed by atoms with Gasteiger partial charge in [0.2, 0.25) is 0 Å². The second-order valence-corrected chi connectivity index (χ2v) is 5.02. The van der Waals surface area contributed by atoms with Crippen LogP contribution in [0.2, 0.25) is 0 Å². The maximum Gasteiger partial charge on any atom is 0.131 e. The van der Waals surface area contributed by atoms with E-state index in [-0.39, 0.29) is 6.04 Å². The highest BCUT2D eigenvalue weighted by Crippen LogP contribution is 2.39. The number of nitrogens with two attached hydrogens (primary N) is 1. The van der Waals surface area contributed by atoms with Crippen molar-refractivity contribution in [1.29, 1.82) is 0 Å². The van der Waals surface area contributed by atoms with Crippen LogP contribution in [0.3, 0.4) is 0 Å². The predicted molar refractivity (Wildman–Crippen MR) is 77.1 cm³/mol. The van der Waals surface area contributed by atoms with Crippen LogP contribution in [0.5, 0.6) is 17.2 Å². The van der Waals surface area contributed by atoms with E-state index in [4.69, 9.17) is 19.9 Å². The lowest BCUT2D eigenvalue weighted by atomic mass is 9.96. The monoisotopic (exact) mass is 267 g/mol. The largest absolute Gasteiger partial charge is 0.496 e. The average molecular weight is 267 g/mol. The maximum absolute atomic E-state index is 6.29. The smallest absolute Gasteiger partial charge is 0.131 e. The quantitative estimate of drug-likeness (QED) is 0.824. The van der Waals surface area contributed by atoms with Crippen LogP contribution in [0.4, 0.5) is 0 Å². The van der Waals surface area contributed by atoms with E-state index < -0.39 is 0 Å². The number of methoxy groups -OCH3 is 3. The number of ether oxygens (including phenoxy) is 3. The van der Waals surface area contributed by atoms with Gasteiger partial charge in [0, 0.05) is 18.2 Å². The Morgan fingerprint density at radius 3 is 1.84 bits per heavy atom.